The van der Waals surface area contributed by atoms with Gasteiger partial charge < -0.3 is 9.84 Å². The molecule has 4 heteroatoms. The summed E-state index contributed by atoms with van der Waals surface area (Å²) in [4.78, 5) is 23.9. The van der Waals surface area contributed by atoms with Crippen LogP contribution >= 0.6 is 0 Å². The molecule has 21 heavy (non-hydrogen) atoms. The normalized spacial score (nSPS) is 10.2. The SMILES string of the molecule is Cc1cc(C)c(C(=O)COC(=O)c2ccccc2)c(O)c1. The minimum atomic E-state index is -0.562. The number of esters is 1. The Kier molecular flexibility index (Phi) is 4.38. The number of aromatic hydroxyl groups is 1. The summed E-state index contributed by atoms with van der Waals surface area (Å²) < 4.78 is 4.98. The van der Waals surface area contributed by atoms with E-state index in [4.69, 9.17) is 4.74 Å². The van der Waals surface area contributed by atoms with E-state index in [1.54, 1.807) is 43.3 Å². The van der Waals surface area contributed by atoms with Crippen molar-refractivity contribution >= 4 is 11.8 Å². The van der Waals surface area contributed by atoms with Crippen LogP contribution in [0.15, 0.2) is 42.5 Å². The molecule has 0 heterocycles. The number of phenolic OH excluding ortho intramolecular Hbond substituents is 1. The molecule has 0 unspecified atom stereocenters. The Morgan fingerprint density at radius 1 is 1.10 bits per heavy atom. The largest absolute Gasteiger partial charge is 0.507 e. The van der Waals surface area contributed by atoms with Crippen LogP contribution in [0.4, 0.5) is 0 Å². The van der Waals surface area contributed by atoms with Crippen LogP contribution in [0.2, 0.25) is 0 Å². The molecule has 0 saturated carbocycles. The van der Waals surface area contributed by atoms with E-state index in [1.165, 1.54) is 6.07 Å². The number of hydrogen-bond donors (Lipinski definition) is 1. The lowest BCUT2D eigenvalue weighted by atomic mass is 10.0. The number of benzene rings is 2. The topological polar surface area (TPSA) is 63.6 Å². The average Bonchev–Trinajstić information content (AvgIpc) is 2.44. The predicted octanol–water partition coefficient (Wildman–Crippen LogP) is 3.05. The summed E-state index contributed by atoms with van der Waals surface area (Å²) in [5.41, 5.74) is 2.10. The van der Waals surface area contributed by atoms with Crippen LogP contribution in [0.1, 0.15) is 31.8 Å². The molecule has 0 radical (unpaired) electrons. The Bertz CT molecular complexity index is 651. The molecule has 0 saturated heterocycles. The Morgan fingerprint density at radius 2 is 1.76 bits per heavy atom. The van der Waals surface area contributed by atoms with E-state index in [2.05, 4.69) is 0 Å². The van der Waals surface area contributed by atoms with Gasteiger partial charge in [-0.3, -0.25) is 4.79 Å². The van der Waals surface area contributed by atoms with Gasteiger partial charge in [0, 0.05) is 0 Å². The molecule has 108 valence electrons. The van der Waals surface area contributed by atoms with Gasteiger partial charge in [-0.25, -0.2) is 4.79 Å². The van der Waals surface area contributed by atoms with Crippen molar-refractivity contribution in [2.24, 2.45) is 0 Å². The van der Waals surface area contributed by atoms with Crippen molar-refractivity contribution in [3.63, 3.8) is 0 Å². The third-order valence-corrected chi connectivity index (χ3v) is 3.08. The van der Waals surface area contributed by atoms with Gasteiger partial charge >= 0.3 is 5.97 Å². The first kappa shape index (κ1) is 14.8. The van der Waals surface area contributed by atoms with Crippen LogP contribution in [-0.4, -0.2) is 23.5 Å². The lowest BCUT2D eigenvalue weighted by molar-refractivity contribution is 0.0473. The van der Waals surface area contributed by atoms with E-state index < -0.39 is 18.4 Å². The first-order valence-electron chi connectivity index (χ1n) is 6.54. The van der Waals surface area contributed by atoms with E-state index >= 15 is 0 Å². The lowest BCUT2D eigenvalue weighted by Gasteiger charge is -2.09. The Labute approximate surface area is 123 Å². The van der Waals surface area contributed by atoms with Crippen molar-refractivity contribution < 1.29 is 19.4 Å². The second kappa shape index (κ2) is 6.22. The van der Waals surface area contributed by atoms with Gasteiger partial charge in [0.1, 0.15) is 5.75 Å². The number of carbonyl (C=O) groups excluding carboxylic acids is 2. The van der Waals surface area contributed by atoms with Crippen molar-refractivity contribution in [2.75, 3.05) is 6.61 Å². The first-order chi connectivity index (χ1) is 9.99. The van der Waals surface area contributed by atoms with Crippen molar-refractivity contribution in [3.8, 4) is 5.75 Å². The van der Waals surface area contributed by atoms with Crippen LogP contribution in [0.25, 0.3) is 0 Å². The van der Waals surface area contributed by atoms with E-state index in [0.717, 1.165) is 5.56 Å². The molecule has 0 amide bonds. The second-order valence-corrected chi connectivity index (χ2v) is 4.84. The molecule has 0 aromatic heterocycles. The highest BCUT2D eigenvalue weighted by atomic mass is 16.5. The lowest BCUT2D eigenvalue weighted by Crippen LogP contribution is -2.15. The van der Waals surface area contributed by atoms with Crippen LogP contribution < -0.4 is 0 Å². The molecule has 2 aromatic carbocycles. The van der Waals surface area contributed by atoms with E-state index in [9.17, 15) is 14.7 Å². The molecule has 0 bridgehead atoms. The number of hydrogen-bond acceptors (Lipinski definition) is 4. The fourth-order valence-electron chi connectivity index (χ4n) is 2.17. The van der Waals surface area contributed by atoms with Crippen molar-refractivity contribution in [2.45, 2.75) is 13.8 Å². The van der Waals surface area contributed by atoms with Crippen LogP contribution in [0.5, 0.6) is 5.75 Å². The molecule has 2 rings (SSSR count). The average molecular weight is 284 g/mol. The van der Waals surface area contributed by atoms with Gasteiger partial charge in [-0.1, -0.05) is 24.3 Å². The van der Waals surface area contributed by atoms with Gasteiger partial charge in [0.25, 0.3) is 0 Å². The summed E-state index contributed by atoms with van der Waals surface area (Å²) in [6.07, 6.45) is 0. The third-order valence-electron chi connectivity index (χ3n) is 3.08. The van der Waals surface area contributed by atoms with Crippen molar-refractivity contribution in [3.05, 3.63) is 64.7 Å². The maximum atomic E-state index is 12.1. The van der Waals surface area contributed by atoms with Crippen molar-refractivity contribution in [1.82, 2.24) is 0 Å². The fourth-order valence-corrected chi connectivity index (χ4v) is 2.17. The van der Waals surface area contributed by atoms with Gasteiger partial charge in [-0.15, -0.1) is 0 Å². The zero-order valence-corrected chi connectivity index (χ0v) is 11.9. The second-order valence-electron chi connectivity index (χ2n) is 4.84. The summed E-state index contributed by atoms with van der Waals surface area (Å²) >= 11 is 0. The van der Waals surface area contributed by atoms with E-state index in [0.29, 0.717) is 11.1 Å². The molecule has 4 nitrogen and oxygen atoms in total. The number of Topliss-reactive ketones (excluding diaryl/α,β-unsaturated/α-hetero) is 1. The Balaban J connectivity index is 2.08. The Morgan fingerprint density at radius 3 is 2.38 bits per heavy atom. The third kappa shape index (κ3) is 3.48. The van der Waals surface area contributed by atoms with E-state index in [1.807, 2.05) is 6.92 Å². The van der Waals surface area contributed by atoms with E-state index in [-0.39, 0.29) is 11.3 Å². The molecule has 0 aliphatic heterocycles. The number of ketones is 1. The number of ether oxygens (including phenoxy) is 1. The maximum Gasteiger partial charge on any atom is 0.338 e. The zero-order chi connectivity index (χ0) is 15.4. The fraction of sp³-hybridized carbons (Fsp3) is 0.176. The van der Waals surface area contributed by atoms with Gasteiger partial charge in [0.05, 0.1) is 11.1 Å². The molecule has 0 fully saturated rings. The molecule has 0 aliphatic carbocycles. The number of carbonyl (C=O) groups is 2. The molecule has 0 aliphatic rings. The summed E-state index contributed by atoms with van der Waals surface area (Å²) in [5.74, 6) is -1.07. The summed E-state index contributed by atoms with van der Waals surface area (Å²) in [6, 6.07) is 11.8. The highest BCUT2D eigenvalue weighted by molar-refractivity contribution is 6.02. The number of aryl methyl sites for hydroxylation is 2. The minimum Gasteiger partial charge on any atom is -0.507 e. The maximum absolute atomic E-state index is 12.1. The number of rotatable bonds is 4. The van der Waals surface area contributed by atoms with Crippen molar-refractivity contribution in [1.29, 1.82) is 0 Å². The predicted molar refractivity (Wildman–Crippen MR) is 78.6 cm³/mol. The van der Waals surface area contributed by atoms with Gasteiger partial charge in [0.15, 0.2) is 6.61 Å². The highest BCUT2D eigenvalue weighted by Crippen LogP contribution is 2.23. The standard InChI is InChI=1S/C17H16O4/c1-11-8-12(2)16(14(18)9-11)15(19)10-21-17(20)13-6-4-3-5-7-13/h3-9,18H,10H2,1-2H3. The van der Waals surface area contributed by atoms with Crippen LogP contribution in [-0.2, 0) is 4.74 Å². The summed E-state index contributed by atoms with van der Waals surface area (Å²) in [6.45, 7) is 3.17. The number of phenols is 1. The summed E-state index contributed by atoms with van der Waals surface area (Å²) in [5, 5.41) is 9.86. The molecule has 1 N–H and O–H groups in total. The van der Waals surface area contributed by atoms with Gasteiger partial charge in [-0.2, -0.15) is 0 Å². The summed E-state index contributed by atoms with van der Waals surface area (Å²) in [7, 11) is 0. The smallest absolute Gasteiger partial charge is 0.338 e. The van der Waals surface area contributed by atoms with Crippen LogP contribution in [0.3, 0.4) is 0 Å². The highest BCUT2D eigenvalue weighted by Gasteiger charge is 2.17. The quantitative estimate of drug-likeness (QED) is 0.692. The minimum absolute atomic E-state index is 0.0896. The first-order valence-corrected chi connectivity index (χ1v) is 6.54. The monoisotopic (exact) mass is 284 g/mol. The van der Waals surface area contributed by atoms with Gasteiger partial charge in [-0.05, 0) is 43.2 Å². The molecule has 2 aromatic rings. The zero-order valence-electron chi connectivity index (χ0n) is 11.9. The molecule has 0 spiro atoms. The molecular weight excluding hydrogens is 268 g/mol. The Hall–Kier alpha value is -2.62. The molecule has 0 atom stereocenters. The van der Waals surface area contributed by atoms with Crippen LogP contribution in [0, 0.1) is 13.8 Å². The molecular formula is C17H16O4. The van der Waals surface area contributed by atoms with Gasteiger partial charge in [0.2, 0.25) is 5.78 Å².